The first kappa shape index (κ1) is 14.4. The van der Waals surface area contributed by atoms with Gasteiger partial charge < -0.3 is 15.8 Å². The van der Waals surface area contributed by atoms with Crippen molar-refractivity contribution in [1.82, 2.24) is 9.29 Å². The Morgan fingerprint density at radius 2 is 2.24 bits per heavy atom. The summed E-state index contributed by atoms with van der Waals surface area (Å²) in [5.41, 5.74) is 6.99. The Labute approximate surface area is 123 Å². The van der Waals surface area contributed by atoms with E-state index in [-0.39, 0.29) is 23.5 Å². The van der Waals surface area contributed by atoms with Crippen molar-refractivity contribution in [3.63, 3.8) is 0 Å². The number of hydrogen-bond acceptors (Lipinski definition) is 4. The Balaban J connectivity index is 2.08. The van der Waals surface area contributed by atoms with E-state index in [1.807, 2.05) is 6.92 Å². The first-order chi connectivity index (χ1) is 9.95. The number of aliphatic hydroxyl groups excluding tert-OH is 1. The fourth-order valence-electron chi connectivity index (χ4n) is 3.00. The molecule has 21 heavy (non-hydrogen) atoms. The van der Waals surface area contributed by atoms with Crippen LogP contribution in [0.15, 0.2) is 29.3 Å². The van der Waals surface area contributed by atoms with E-state index in [1.165, 1.54) is 10.5 Å². The Morgan fingerprint density at radius 3 is 2.95 bits per heavy atom. The summed E-state index contributed by atoms with van der Waals surface area (Å²) >= 11 is 0. The van der Waals surface area contributed by atoms with Gasteiger partial charge in [-0.1, -0.05) is 6.92 Å². The van der Waals surface area contributed by atoms with Crippen LogP contribution in [0.2, 0.25) is 0 Å². The van der Waals surface area contributed by atoms with Crippen LogP contribution in [0.5, 0.6) is 0 Å². The van der Waals surface area contributed by atoms with E-state index < -0.39 is 10.0 Å². The van der Waals surface area contributed by atoms with Crippen LogP contribution in [0.25, 0.3) is 10.9 Å². The molecule has 1 fully saturated rings. The molecule has 0 bridgehead atoms. The second kappa shape index (κ2) is 5.01. The summed E-state index contributed by atoms with van der Waals surface area (Å²) < 4.78 is 27.2. The van der Waals surface area contributed by atoms with Crippen LogP contribution >= 0.6 is 0 Å². The molecule has 1 saturated heterocycles. The molecule has 4 N–H and O–H groups in total. The third-order valence-electron chi connectivity index (χ3n) is 4.27. The standard InChI is InChI=1S/C14H19N3O3S/c1-9-4-5-17(13(9)8-18)21(19,20)14-7-16-12-6-10(15)2-3-11(12)14/h2-3,6-7,9,13,16,18H,4-5,8,15H2,1H3. The van der Waals surface area contributed by atoms with E-state index in [1.54, 1.807) is 18.2 Å². The molecule has 114 valence electrons. The number of aromatic nitrogens is 1. The topological polar surface area (TPSA) is 99.4 Å². The number of sulfonamides is 1. The molecule has 2 atom stereocenters. The summed E-state index contributed by atoms with van der Waals surface area (Å²) in [5, 5.41) is 10.1. The third kappa shape index (κ3) is 2.21. The van der Waals surface area contributed by atoms with Gasteiger partial charge in [-0.15, -0.1) is 0 Å². The van der Waals surface area contributed by atoms with Gasteiger partial charge in [0.05, 0.1) is 12.6 Å². The molecule has 1 aromatic carbocycles. The van der Waals surface area contributed by atoms with Gasteiger partial charge in [-0.05, 0) is 30.5 Å². The molecule has 6 nitrogen and oxygen atoms in total. The maximum atomic E-state index is 12.9. The van der Waals surface area contributed by atoms with Gasteiger partial charge in [0.2, 0.25) is 10.0 Å². The molecule has 1 aliphatic rings. The highest BCUT2D eigenvalue weighted by molar-refractivity contribution is 7.89. The molecule has 0 amide bonds. The smallest absolute Gasteiger partial charge is 0.245 e. The molecule has 0 spiro atoms. The van der Waals surface area contributed by atoms with Gasteiger partial charge in [0, 0.05) is 29.3 Å². The predicted molar refractivity (Wildman–Crippen MR) is 81.3 cm³/mol. The van der Waals surface area contributed by atoms with Crippen molar-refractivity contribution in [2.75, 3.05) is 18.9 Å². The molecule has 2 heterocycles. The highest BCUT2D eigenvalue weighted by Crippen LogP contribution is 2.33. The monoisotopic (exact) mass is 309 g/mol. The molecular weight excluding hydrogens is 290 g/mol. The number of benzene rings is 1. The molecule has 1 aromatic heterocycles. The number of nitrogens with two attached hydrogens (primary N) is 1. The Bertz CT molecular complexity index is 769. The molecule has 2 aromatic rings. The van der Waals surface area contributed by atoms with Gasteiger partial charge in [0.1, 0.15) is 4.90 Å². The Morgan fingerprint density at radius 1 is 1.48 bits per heavy atom. The van der Waals surface area contributed by atoms with Gasteiger partial charge in [0.25, 0.3) is 0 Å². The van der Waals surface area contributed by atoms with Crippen molar-refractivity contribution in [1.29, 1.82) is 0 Å². The average Bonchev–Trinajstić information content (AvgIpc) is 3.01. The normalized spacial score (nSPS) is 23.9. The second-order valence-corrected chi connectivity index (χ2v) is 7.45. The SMILES string of the molecule is CC1CCN(S(=O)(=O)c2c[nH]c3cc(N)ccc23)C1CO. The van der Waals surface area contributed by atoms with Gasteiger partial charge in [-0.25, -0.2) is 8.42 Å². The van der Waals surface area contributed by atoms with Gasteiger partial charge >= 0.3 is 0 Å². The molecule has 0 aliphatic carbocycles. The number of fused-ring (bicyclic) bond motifs is 1. The number of anilines is 1. The summed E-state index contributed by atoms with van der Waals surface area (Å²) in [4.78, 5) is 3.20. The summed E-state index contributed by atoms with van der Waals surface area (Å²) in [6, 6.07) is 4.76. The first-order valence-electron chi connectivity index (χ1n) is 6.94. The largest absolute Gasteiger partial charge is 0.399 e. The van der Waals surface area contributed by atoms with E-state index in [4.69, 9.17) is 5.73 Å². The predicted octanol–water partition coefficient (Wildman–Crippen LogP) is 1.14. The lowest BCUT2D eigenvalue weighted by Gasteiger charge is -2.24. The zero-order chi connectivity index (χ0) is 15.2. The maximum Gasteiger partial charge on any atom is 0.245 e. The van der Waals surface area contributed by atoms with E-state index >= 15 is 0 Å². The summed E-state index contributed by atoms with van der Waals surface area (Å²) in [6.07, 6.45) is 2.26. The molecule has 0 radical (unpaired) electrons. The minimum absolute atomic E-state index is 0.157. The Kier molecular flexibility index (Phi) is 3.43. The highest BCUT2D eigenvalue weighted by Gasteiger charge is 2.40. The number of aromatic amines is 1. The molecule has 3 rings (SSSR count). The molecule has 2 unspecified atom stereocenters. The third-order valence-corrected chi connectivity index (χ3v) is 6.24. The molecular formula is C14H19N3O3S. The number of H-pyrrole nitrogens is 1. The van der Waals surface area contributed by atoms with Crippen LogP contribution in [-0.4, -0.2) is 42.0 Å². The van der Waals surface area contributed by atoms with E-state index in [9.17, 15) is 13.5 Å². The summed E-state index contributed by atoms with van der Waals surface area (Å²) in [7, 11) is -3.63. The number of aliphatic hydroxyl groups is 1. The van der Waals surface area contributed by atoms with Crippen LogP contribution in [-0.2, 0) is 10.0 Å². The van der Waals surface area contributed by atoms with Gasteiger partial charge in [-0.2, -0.15) is 4.31 Å². The van der Waals surface area contributed by atoms with Crippen molar-refractivity contribution in [3.05, 3.63) is 24.4 Å². The van der Waals surface area contributed by atoms with Crippen molar-refractivity contribution < 1.29 is 13.5 Å². The van der Waals surface area contributed by atoms with Crippen molar-refractivity contribution >= 4 is 26.6 Å². The van der Waals surface area contributed by atoms with Crippen molar-refractivity contribution in [2.45, 2.75) is 24.3 Å². The van der Waals surface area contributed by atoms with Gasteiger partial charge in [-0.3, -0.25) is 0 Å². The van der Waals surface area contributed by atoms with Crippen LogP contribution in [0.4, 0.5) is 5.69 Å². The summed E-state index contributed by atoms with van der Waals surface area (Å²) in [5.74, 6) is 0.158. The van der Waals surface area contributed by atoms with Crippen molar-refractivity contribution in [3.8, 4) is 0 Å². The number of nitrogen functional groups attached to an aromatic ring is 1. The maximum absolute atomic E-state index is 12.9. The van der Waals surface area contributed by atoms with Crippen LogP contribution < -0.4 is 5.73 Å². The van der Waals surface area contributed by atoms with Crippen LogP contribution in [0.3, 0.4) is 0 Å². The number of rotatable bonds is 3. The molecule has 1 aliphatic heterocycles. The van der Waals surface area contributed by atoms with Crippen LogP contribution in [0.1, 0.15) is 13.3 Å². The first-order valence-corrected chi connectivity index (χ1v) is 8.38. The fraction of sp³-hybridized carbons (Fsp3) is 0.429. The van der Waals surface area contributed by atoms with E-state index in [0.717, 1.165) is 6.42 Å². The lowest BCUT2D eigenvalue weighted by molar-refractivity contribution is 0.191. The lowest BCUT2D eigenvalue weighted by Crippen LogP contribution is -2.39. The number of hydrogen-bond donors (Lipinski definition) is 3. The highest BCUT2D eigenvalue weighted by atomic mass is 32.2. The fourth-order valence-corrected chi connectivity index (χ4v) is 4.89. The molecule has 0 saturated carbocycles. The number of nitrogens with one attached hydrogen (secondary N) is 1. The minimum atomic E-state index is -3.63. The lowest BCUT2D eigenvalue weighted by atomic mass is 10.0. The Hall–Kier alpha value is -1.57. The van der Waals surface area contributed by atoms with E-state index in [0.29, 0.717) is 23.1 Å². The minimum Gasteiger partial charge on any atom is -0.399 e. The van der Waals surface area contributed by atoms with Crippen molar-refractivity contribution in [2.24, 2.45) is 5.92 Å². The summed E-state index contributed by atoms with van der Waals surface area (Å²) in [6.45, 7) is 2.25. The molecule has 7 heteroatoms. The van der Waals surface area contributed by atoms with Crippen LogP contribution in [0, 0.1) is 5.92 Å². The second-order valence-electron chi connectivity index (χ2n) is 5.59. The number of nitrogens with zero attached hydrogens (tertiary/aromatic N) is 1. The zero-order valence-corrected chi connectivity index (χ0v) is 12.6. The van der Waals surface area contributed by atoms with Gasteiger partial charge in [0.15, 0.2) is 0 Å². The average molecular weight is 309 g/mol. The quantitative estimate of drug-likeness (QED) is 0.740. The zero-order valence-electron chi connectivity index (χ0n) is 11.8. The van der Waals surface area contributed by atoms with E-state index in [2.05, 4.69) is 4.98 Å².